The first kappa shape index (κ1) is 22.3. The van der Waals surface area contributed by atoms with Crippen molar-refractivity contribution in [2.75, 3.05) is 18.4 Å². The molecule has 3 heterocycles. The average molecular weight is 453 g/mol. The molecule has 1 aliphatic heterocycles. The molecule has 172 valence electrons. The van der Waals surface area contributed by atoms with Gasteiger partial charge in [0.2, 0.25) is 0 Å². The number of likely N-dealkylation sites (tertiary alicyclic amines) is 1. The van der Waals surface area contributed by atoms with E-state index in [4.69, 9.17) is 0 Å². The summed E-state index contributed by atoms with van der Waals surface area (Å²) in [6.45, 7) is 5.63. The molecule has 0 bridgehead atoms. The van der Waals surface area contributed by atoms with Crippen molar-refractivity contribution in [3.8, 4) is 5.75 Å². The molecule has 2 amide bonds. The van der Waals surface area contributed by atoms with E-state index in [0.717, 1.165) is 24.9 Å². The Hall–Kier alpha value is -3.86. The summed E-state index contributed by atoms with van der Waals surface area (Å²) in [7, 11) is 0. The van der Waals surface area contributed by atoms with Crippen LogP contribution in [0.15, 0.2) is 36.8 Å². The van der Waals surface area contributed by atoms with Crippen LogP contribution in [0.3, 0.4) is 0 Å². The van der Waals surface area contributed by atoms with Crippen LogP contribution in [0, 0.1) is 12.7 Å². The normalized spacial score (nSPS) is 18.3. The third-order valence-electron chi connectivity index (χ3n) is 5.76. The van der Waals surface area contributed by atoms with Crippen molar-refractivity contribution in [1.82, 2.24) is 30.6 Å². The summed E-state index contributed by atoms with van der Waals surface area (Å²) in [6.07, 6.45) is 4.64. The van der Waals surface area contributed by atoms with Gasteiger partial charge in [0.1, 0.15) is 5.75 Å². The molecule has 0 aliphatic carbocycles. The first-order valence-corrected chi connectivity index (χ1v) is 10.4. The third kappa shape index (κ3) is 4.82. The Bertz CT molecular complexity index is 1180. The Morgan fingerprint density at radius 1 is 1.24 bits per heavy atom. The SMILES string of the molecule is Cc1c(C(=O)N[C@@]2(C)CCN(Cc3cn[nH]n3)C2)ccc(O)c1NC(=O)c1ccncc1F. The smallest absolute Gasteiger partial charge is 0.258 e. The number of H-pyrrole nitrogens is 1. The topological polar surface area (TPSA) is 136 Å². The van der Waals surface area contributed by atoms with Gasteiger partial charge in [0, 0.05) is 31.4 Å². The molecule has 10 nitrogen and oxygen atoms in total. The van der Waals surface area contributed by atoms with Gasteiger partial charge in [-0.2, -0.15) is 15.4 Å². The van der Waals surface area contributed by atoms with E-state index in [1.165, 1.54) is 24.4 Å². The monoisotopic (exact) mass is 453 g/mol. The van der Waals surface area contributed by atoms with Crippen molar-refractivity contribution in [1.29, 1.82) is 0 Å². The molecule has 1 saturated heterocycles. The summed E-state index contributed by atoms with van der Waals surface area (Å²) in [6, 6.07) is 4.06. The van der Waals surface area contributed by atoms with Gasteiger partial charge in [-0.25, -0.2) is 4.39 Å². The van der Waals surface area contributed by atoms with Crippen molar-refractivity contribution < 1.29 is 19.1 Å². The summed E-state index contributed by atoms with van der Waals surface area (Å²) in [5.74, 6) is -2.09. The van der Waals surface area contributed by atoms with E-state index in [2.05, 4.69) is 35.9 Å². The number of hydrogen-bond acceptors (Lipinski definition) is 7. The van der Waals surface area contributed by atoms with Crippen LogP contribution >= 0.6 is 0 Å². The number of aromatic amines is 1. The van der Waals surface area contributed by atoms with Crippen LogP contribution in [0.25, 0.3) is 0 Å². The van der Waals surface area contributed by atoms with Crippen LogP contribution in [0.2, 0.25) is 0 Å². The molecule has 2 aromatic heterocycles. The Morgan fingerprint density at radius 3 is 2.79 bits per heavy atom. The highest BCUT2D eigenvalue weighted by Gasteiger charge is 2.36. The number of benzene rings is 1. The minimum atomic E-state index is -0.787. The second-order valence-electron chi connectivity index (χ2n) is 8.38. The Morgan fingerprint density at radius 2 is 2.06 bits per heavy atom. The number of rotatable bonds is 6. The molecule has 0 unspecified atom stereocenters. The summed E-state index contributed by atoms with van der Waals surface area (Å²) in [5, 5.41) is 26.3. The van der Waals surface area contributed by atoms with Crippen molar-refractivity contribution >= 4 is 17.5 Å². The number of hydrogen-bond donors (Lipinski definition) is 4. The van der Waals surface area contributed by atoms with E-state index >= 15 is 0 Å². The number of nitrogens with one attached hydrogen (secondary N) is 3. The van der Waals surface area contributed by atoms with Gasteiger partial charge in [-0.15, -0.1) is 0 Å². The van der Waals surface area contributed by atoms with E-state index in [0.29, 0.717) is 24.2 Å². The van der Waals surface area contributed by atoms with Gasteiger partial charge in [-0.3, -0.25) is 19.5 Å². The highest BCUT2D eigenvalue weighted by atomic mass is 19.1. The molecule has 0 radical (unpaired) electrons. The van der Waals surface area contributed by atoms with Gasteiger partial charge >= 0.3 is 0 Å². The summed E-state index contributed by atoms with van der Waals surface area (Å²) < 4.78 is 13.9. The molecule has 1 atom stereocenters. The number of aromatic hydroxyl groups is 1. The van der Waals surface area contributed by atoms with Crippen molar-refractivity contribution in [3.05, 3.63) is 65.0 Å². The molecule has 3 aromatic rings. The van der Waals surface area contributed by atoms with E-state index < -0.39 is 17.3 Å². The summed E-state index contributed by atoms with van der Waals surface area (Å²) >= 11 is 0. The quantitative estimate of drug-likeness (QED) is 0.419. The fraction of sp³-hybridized carbons (Fsp3) is 0.318. The fourth-order valence-corrected chi connectivity index (χ4v) is 4.01. The van der Waals surface area contributed by atoms with Crippen LogP contribution in [0.4, 0.5) is 10.1 Å². The standard InChI is InChI=1S/C22H24FN7O3/c1-13-15(3-4-18(31)19(13)26-20(32)16-5-7-24-10-17(16)23)21(33)27-22(2)6-8-30(12-22)11-14-9-25-29-28-14/h3-5,7,9-10,31H,6,8,11-12H2,1-2H3,(H,26,32)(H,27,33)(H,25,28,29)/t22-/m0/s1. The van der Waals surface area contributed by atoms with Crippen molar-refractivity contribution in [3.63, 3.8) is 0 Å². The summed E-state index contributed by atoms with van der Waals surface area (Å²) in [4.78, 5) is 31.4. The van der Waals surface area contributed by atoms with Gasteiger partial charge in [0.15, 0.2) is 5.82 Å². The maximum Gasteiger partial charge on any atom is 0.258 e. The number of halogens is 1. The zero-order valence-corrected chi connectivity index (χ0v) is 18.2. The lowest BCUT2D eigenvalue weighted by Gasteiger charge is -2.27. The van der Waals surface area contributed by atoms with E-state index in [1.807, 2.05) is 6.92 Å². The van der Waals surface area contributed by atoms with E-state index in [1.54, 1.807) is 13.1 Å². The highest BCUT2D eigenvalue weighted by Crippen LogP contribution is 2.31. The zero-order valence-electron chi connectivity index (χ0n) is 18.2. The van der Waals surface area contributed by atoms with Gasteiger partial charge in [-0.1, -0.05) is 0 Å². The Labute approximate surface area is 189 Å². The first-order chi connectivity index (χ1) is 15.8. The second-order valence-corrected chi connectivity index (χ2v) is 8.38. The number of amides is 2. The van der Waals surface area contributed by atoms with Gasteiger partial charge in [0.05, 0.1) is 34.9 Å². The summed E-state index contributed by atoms with van der Waals surface area (Å²) in [5.41, 5.74) is 0.864. The molecule has 1 aliphatic rings. The fourth-order valence-electron chi connectivity index (χ4n) is 4.01. The number of anilines is 1. The lowest BCUT2D eigenvalue weighted by Crippen LogP contribution is -2.48. The van der Waals surface area contributed by atoms with Crippen LogP contribution in [-0.2, 0) is 6.54 Å². The third-order valence-corrected chi connectivity index (χ3v) is 5.76. The predicted octanol–water partition coefficient (Wildman–Crippen LogP) is 2.00. The van der Waals surface area contributed by atoms with Gasteiger partial charge in [0.25, 0.3) is 11.8 Å². The number of nitrogens with zero attached hydrogens (tertiary/aromatic N) is 4. The number of phenols is 1. The van der Waals surface area contributed by atoms with E-state index in [9.17, 15) is 19.1 Å². The molecule has 1 fully saturated rings. The van der Waals surface area contributed by atoms with Crippen molar-refractivity contribution in [2.24, 2.45) is 0 Å². The molecule has 4 N–H and O–H groups in total. The number of aromatic nitrogens is 4. The van der Waals surface area contributed by atoms with Crippen LogP contribution in [0.1, 0.15) is 45.3 Å². The molecular formula is C22H24FN7O3. The second kappa shape index (κ2) is 8.94. The molecular weight excluding hydrogens is 429 g/mol. The minimum absolute atomic E-state index is 0.0492. The molecule has 33 heavy (non-hydrogen) atoms. The van der Waals surface area contributed by atoms with Crippen LogP contribution in [-0.4, -0.2) is 60.8 Å². The largest absolute Gasteiger partial charge is 0.506 e. The Kier molecular flexibility index (Phi) is 6.05. The lowest BCUT2D eigenvalue weighted by molar-refractivity contribution is 0.0905. The number of pyridine rings is 1. The molecule has 11 heteroatoms. The van der Waals surface area contributed by atoms with Crippen LogP contribution < -0.4 is 10.6 Å². The number of phenolic OH excluding ortho intramolecular Hbond substituents is 1. The minimum Gasteiger partial charge on any atom is -0.506 e. The average Bonchev–Trinajstić information content (AvgIpc) is 3.41. The molecule has 0 spiro atoms. The maximum atomic E-state index is 13.9. The first-order valence-electron chi connectivity index (χ1n) is 10.4. The number of carbonyl (C=O) groups is 2. The maximum absolute atomic E-state index is 13.9. The molecule has 1 aromatic carbocycles. The zero-order chi connectivity index (χ0) is 23.6. The molecule has 0 saturated carbocycles. The van der Waals surface area contributed by atoms with Crippen LogP contribution in [0.5, 0.6) is 5.75 Å². The lowest BCUT2D eigenvalue weighted by atomic mass is 9.99. The van der Waals surface area contributed by atoms with Gasteiger partial charge in [-0.05, 0) is 44.0 Å². The van der Waals surface area contributed by atoms with Crippen molar-refractivity contribution in [2.45, 2.75) is 32.4 Å². The number of carbonyl (C=O) groups excluding carboxylic acids is 2. The predicted molar refractivity (Wildman–Crippen MR) is 117 cm³/mol. The Balaban J connectivity index is 1.48. The van der Waals surface area contributed by atoms with E-state index in [-0.39, 0.29) is 22.9 Å². The highest BCUT2D eigenvalue weighted by molar-refractivity contribution is 6.07. The molecule has 4 rings (SSSR count). The van der Waals surface area contributed by atoms with Gasteiger partial charge < -0.3 is 15.7 Å².